The van der Waals surface area contributed by atoms with E-state index in [2.05, 4.69) is 20.7 Å². The topological polar surface area (TPSA) is 128 Å². The zero-order valence-electron chi connectivity index (χ0n) is 16.2. The molecule has 10 nitrogen and oxygen atoms in total. The molecule has 3 amide bonds. The number of carbonyl (C=O) groups is 3. The molecule has 2 rings (SSSR count). The summed E-state index contributed by atoms with van der Waals surface area (Å²) in [6.07, 6.45) is 5.87. The molecule has 0 aromatic carbocycles. The highest BCUT2D eigenvalue weighted by atomic mass is 16.5. The maximum Gasteiger partial charge on any atom is 0.250 e. The summed E-state index contributed by atoms with van der Waals surface area (Å²) in [7, 11) is 0. The average molecular weight is 392 g/mol. The van der Waals surface area contributed by atoms with Gasteiger partial charge in [0, 0.05) is 12.7 Å². The van der Waals surface area contributed by atoms with Gasteiger partial charge in [0.2, 0.25) is 18.2 Å². The predicted molar refractivity (Wildman–Crippen MR) is 101 cm³/mol. The van der Waals surface area contributed by atoms with Crippen molar-refractivity contribution in [1.29, 1.82) is 0 Å². The lowest BCUT2D eigenvalue weighted by Crippen LogP contribution is -2.51. The van der Waals surface area contributed by atoms with E-state index in [1.807, 2.05) is 13.8 Å². The molecule has 0 bridgehead atoms. The van der Waals surface area contributed by atoms with E-state index in [1.165, 1.54) is 17.5 Å². The van der Waals surface area contributed by atoms with Crippen molar-refractivity contribution in [3.63, 3.8) is 0 Å². The van der Waals surface area contributed by atoms with Crippen LogP contribution in [0.5, 0.6) is 0 Å². The summed E-state index contributed by atoms with van der Waals surface area (Å²) in [4.78, 5) is 44.4. The lowest BCUT2D eigenvalue weighted by Gasteiger charge is -2.30. The summed E-state index contributed by atoms with van der Waals surface area (Å²) < 4.78 is 0. The van der Waals surface area contributed by atoms with Crippen LogP contribution in [-0.2, 0) is 14.4 Å². The third-order valence-corrected chi connectivity index (χ3v) is 5.04. The SMILES string of the molecule is CCC(CC)CC(CN(O)C=O)C(=O)N1NCCC1C(=O)Nc1ccncn1. The first-order chi connectivity index (χ1) is 13.5. The first-order valence-corrected chi connectivity index (χ1v) is 9.54. The quantitative estimate of drug-likeness (QED) is 0.305. The van der Waals surface area contributed by atoms with Crippen molar-refractivity contribution >= 4 is 24.0 Å². The minimum atomic E-state index is -0.699. The number of rotatable bonds is 10. The highest BCUT2D eigenvalue weighted by Crippen LogP contribution is 2.23. The van der Waals surface area contributed by atoms with E-state index in [-0.39, 0.29) is 30.7 Å². The van der Waals surface area contributed by atoms with Crippen molar-refractivity contribution in [2.24, 2.45) is 11.8 Å². The highest BCUT2D eigenvalue weighted by Gasteiger charge is 2.38. The molecule has 154 valence electrons. The van der Waals surface area contributed by atoms with Gasteiger partial charge in [-0.05, 0) is 24.8 Å². The molecule has 1 aliphatic rings. The van der Waals surface area contributed by atoms with Gasteiger partial charge in [-0.15, -0.1) is 0 Å². The summed E-state index contributed by atoms with van der Waals surface area (Å²) in [6, 6.07) is 0.867. The number of nitrogens with zero attached hydrogens (tertiary/aromatic N) is 4. The van der Waals surface area contributed by atoms with Crippen molar-refractivity contribution < 1.29 is 19.6 Å². The lowest BCUT2D eigenvalue weighted by molar-refractivity contribution is -0.159. The Morgan fingerprint density at radius 1 is 1.46 bits per heavy atom. The van der Waals surface area contributed by atoms with Gasteiger partial charge >= 0.3 is 0 Å². The van der Waals surface area contributed by atoms with Gasteiger partial charge in [-0.25, -0.2) is 20.5 Å². The second-order valence-corrected chi connectivity index (χ2v) is 6.85. The van der Waals surface area contributed by atoms with Crippen LogP contribution in [0.1, 0.15) is 39.5 Å². The number of nitrogens with one attached hydrogen (secondary N) is 2. The molecular formula is C18H28N6O4. The van der Waals surface area contributed by atoms with Gasteiger partial charge in [-0.1, -0.05) is 26.7 Å². The first kappa shape index (κ1) is 21.7. The van der Waals surface area contributed by atoms with Crippen LogP contribution in [-0.4, -0.2) is 62.6 Å². The van der Waals surface area contributed by atoms with Crippen LogP contribution in [0, 0.1) is 11.8 Å². The summed E-state index contributed by atoms with van der Waals surface area (Å²) >= 11 is 0. The van der Waals surface area contributed by atoms with E-state index in [9.17, 15) is 19.6 Å². The predicted octanol–water partition coefficient (Wildman–Crippen LogP) is 0.811. The number of hydrazine groups is 1. The largest absolute Gasteiger partial charge is 0.309 e. The Kier molecular flexibility index (Phi) is 8.27. The summed E-state index contributed by atoms with van der Waals surface area (Å²) in [5.74, 6) is -0.636. The van der Waals surface area contributed by atoms with Gasteiger partial charge in [0.05, 0.1) is 12.5 Å². The molecule has 1 saturated heterocycles. The van der Waals surface area contributed by atoms with Gasteiger partial charge in [0.15, 0.2) is 0 Å². The second kappa shape index (κ2) is 10.7. The molecule has 0 saturated carbocycles. The smallest absolute Gasteiger partial charge is 0.250 e. The van der Waals surface area contributed by atoms with E-state index in [0.29, 0.717) is 30.3 Å². The van der Waals surface area contributed by atoms with E-state index in [0.717, 1.165) is 12.8 Å². The van der Waals surface area contributed by atoms with Crippen molar-refractivity contribution in [3.05, 3.63) is 18.6 Å². The number of amides is 3. The third-order valence-electron chi connectivity index (χ3n) is 5.04. The van der Waals surface area contributed by atoms with Gasteiger partial charge in [-0.3, -0.25) is 24.6 Å². The van der Waals surface area contributed by atoms with Gasteiger partial charge in [0.25, 0.3) is 0 Å². The Bertz CT molecular complexity index is 655. The number of hydrogen-bond donors (Lipinski definition) is 3. The molecule has 2 atom stereocenters. The van der Waals surface area contributed by atoms with Crippen LogP contribution < -0.4 is 10.7 Å². The van der Waals surface area contributed by atoms with Crippen molar-refractivity contribution in [2.45, 2.75) is 45.6 Å². The molecule has 0 radical (unpaired) electrons. The van der Waals surface area contributed by atoms with Crippen LogP contribution in [0.4, 0.5) is 5.82 Å². The molecule has 2 unspecified atom stereocenters. The van der Waals surface area contributed by atoms with Crippen molar-refractivity contribution in [2.75, 3.05) is 18.4 Å². The zero-order valence-corrected chi connectivity index (χ0v) is 16.2. The molecular weight excluding hydrogens is 364 g/mol. The normalized spacial score (nSPS) is 17.4. The van der Waals surface area contributed by atoms with Crippen LogP contribution >= 0.6 is 0 Å². The molecule has 0 aliphatic carbocycles. The molecule has 1 aromatic heterocycles. The standard InChI is InChI=1S/C18H28N6O4/c1-3-13(4-2)9-14(10-23(28)12-25)18(27)24-15(5-8-21-24)17(26)22-16-6-7-19-11-20-16/h6-7,11-15,21,28H,3-5,8-10H2,1-2H3,(H,19,20,22,26). The maximum atomic E-state index is 13.1. The Labute approximate surface area is 164 Å². The lowest BCUT2D eigenvalue weighted by atomic mass is 9.89. The fraction of sp³-hybridized carbons (Fsp3) is 0.611. The molecule has 1 aliphatic heterocycles. The van der Waals surface area contributed by atoms with E-state index in [1.54, 1.807) is 6.07 Å². The Hall–Kier alpha value is -2.59. The molecule has 3 N–H and O–H groups in total. The first-order valence-electron chi connectivity index (χ1n) is 9.54. The summed E-state index contributed by atoms with van der Waals surface area (Å²) in [5, 5.41) is 14.1. The number of anilines is 1. The van der Waals surface area contributed by atoms with Crippen LogP contribution in [0.3, 0.4) is 0 Å². The van der Waals surface area contributed by atoms with Crippen LogP contribution in [0.15, 0.2) is 18.6 Å². The number of aromatic nitrogens is 2. The van der Waals surface area contributed by atoms with E-state index in [4.69, 9.17) is 0 Å². The third kappa shape index (κ3) is 5.70. The van der Waals surface area contributed by atoms with Gasteiger partial charge in [0.1, 0.15) is 18.2 Å². The Balaban J connectivity index is 2.11. The fourth-order valence-electron chi connectivity index (χ4n) is 3.36. The highest BCUT2D eigenvalue weighted by molar-refractivity contribution is 5.97. The van der Waals surface area contributed by atoms with Crippen LogP contribution in [0.25, 0.3) is 0 Å². The second-order valence-electron chi connectivity index (χ2n) is 6.85. The Morgan fingerprint density at radius 3 is 2.82 bits per heavy atom. The minimum absolute atomic E-state index is 0.114. The Morgan fingerprint density at radius 2 is 2.21 bits per heavy atom. The molecule has 1 fully saturated rings. The van der Waals surface area contributed by atoms with Crippen molar-refractivity contribution in [1.82, 2.24) is 25.5 Å². The molecule has 0 spiro atoms. The van der Waals surface area contributed by atoms with Crippen molar-refractivity contribution in [3.8, 4) is 0 Å². The minimum Gasteiger partial charge on any atom is -0.309 e. The van der Waals surface area contributed by atoms with Gasteiger partial charge in [-0.2, -0.15) is 0 Å². The maximum absolute atomic E-state index is 13.1. The molecule has 28 heavy (non-hydrogen) atoms. The fourth-order valence-corrected chi connectivity index (χ4v) is 3.36. The monoisotopic (exact) mass is 392 g/mol. The van der Waals surface area contributed by atoms with E-state index >= 15 is 0 Å². The number of hydroxylamine groups is 2. The van der Waals surface area contributed by atoms with Crippen LogP contribution in [0.2, 0.25) is 0 Å². The van der Waals surface area contributed by atoms with Gasteiger partial charge < -0.3 is 5.32 Å². The number of carbonyl (C=O) groups excluding carboxylic acids is 3. The summed E-state index contributed by atoms with van der Waals surface area (Å²) in [6.45, 7) is 4.44. The number of hydrogen-bond acceptors (Lipinski definition) is 7. The summed E-state index contributed by atoms with van der Waals surface area (Å²) in [5.41, 5.74) is 2.96. The van der Waals surface area contributed by atoms with E-state index < -0.39 is 12.0 Å². The molecule has 1 aromatic rings. The average Bonchev–Trinajstić information content (AvgIpc) is 3.21. The molecule has 2 heterocycles. The zero-order chi connectivity index (χ0) is 20.5. The molecule has 10 heteroatoms.